The van der Waals surface area contributed by atoms with Crippen molar-refractivity contribution in [1.29, 1.82) is 0 Å². The lowest BCUT2D eigenvalue weighted by Crippen LogP contribution is -2.39. The van der Waals surface area contributed by atoms with Gasteiger partial charge in [0.2, 0.25) is 0 Å². The highest BCUT2D eigenvalue weighted by molar-refractivity contribution is 7.90. The predicted molar refractivity (Wildman–Crippen MR) is 92.4 cm³/mol. The third kappa shape index (κ3) is 7.49. The van der Waals surface area contributed by atoms with Gasteiger partial charge in [0.15, 0.2) is 11.7 Å². The molecule has 0 saturated heterocycles. The van der Waals surface area contributed by atoms with Crippen LogP contribution in [0.5, 0.6) is 0 Å². The Kier molecular flexibility index (Phi) is 8.08. The first-order valence-electron chi connectivity index (χ1n) is 8.04. The zero-order valence-corrected chi connectivity index (χ0v) is 15.2. The molecule has 0 bridgehead atoms. The summed E-state index contributed by atoms with van der Waals surface area (Å²) in [5.74, 6) is 1.75. The quantitative estimate of drug-likeness (QED) is 0.522. The van der Waals surface area contributed by atoms with Crippen molar-refractivity contribution >= 4 is 15.8 Å². The molecule has 7 nitrogen and oxygen atoms in total. The molecule has 0 amide bonds. The summed E-state index contributed by atoms with van der Waals surface area (Å²) in [7, 11) is -2.99. The maximum absolute atomic E-state index is 11.1. The zero-order valence-electron chi connectivity index (χ0n) is 14.4. The minimum Gasteiger partial charge on any atom is -0.359 e. The number of guanidine groups is 1. The summed E-state index contributed by atoms with van der Waals surface area (Å²) in [6.45, 7) is 7.60. The van der Waals surface area contributed by atoms with E-state index in [1.54, 1.807) is 0 Å². The Balaban J connectivity index is 2.62. The van der Waals surface area contributed by atoms with Crippen LogP contribution < -0.4 is 10.6 Å². The molecule has 8 heteroatoms. The average Bonchev–Trinajstić information content (AvgIpc) is 2.93. The molecular weight excluding hydrogens is 316 g/mol. The summed E-state index contributed by atoms with van der Waals surface area (Å²) in [5.41, 5.74) is 0.968. The lowest BCUT2D eigenvalue weighted by Gasteiger charge is -2.10. The molecule has 0 aliphatic heterocycles. The SMILES string of the molecule is CCNC(=NCc1cc(C(CC)CC)no1)NCCS(C)(=O)=O. The van der Waals surface area contributed by atoms with Crippen LogP contribution in [0.25, 0.3) is 0 Å². The van der Waals surface area contributed by atoms with E-state index in [2.05, 4.69) is 34.6 Å². The van der Waals surface area contributed by atoms with Crippen molar-refractivity contribution in [2.45, 2.75) is 46.1 Å². The van der Waals surface area contributed by atoms with Gasteiger partial charge in [-0.1, -0.05) is 19.0 Å². The number of hydrogen-bond donors (Lipinski definition) is 2. The summed E-state index contributed by atoms with van der Waals surface area (Å²) in [5, 5.41) is 10.2. The van der Waals surface area contributed by atoms with Crippen LogP contribution in [0, 0.1) is 0 Å². The Bertz CT molecular complexity index is 592. The van der Waals surface area contributed by atoms with E-state index in [0.717, 1.165) is 18.5 Å². The van der Waals surface area contributed by atoms with E-state index in [1.165, 1.54) is 6.26 Å². The van der Waals surface area contributed by atoms with Crippen molar-refractivity contribution in [3.8, 4) is 0 Å². The van der Waals surface area contributed by atoms with Gasteiger partial charge in [0.1, 0.15) is 16.4 Å². The number of sulfone groups is 1. The molecule has 0 aliphatic carbocycles. The molecule has 132 valence electrons. The molecule has 1 aromatic rings. The summed E-state index contributed by atoms with van der Waals surface area (Å²) in [4.78, 5) is 4.39. The summed E-state index contributed by atoms with van der Waals surface area (Å²) in [6.07, 6.45) is 3.27. The molecule has 0 aromatic carbocycles. The molecule has 1 rings (SSSR count). The zero-order chi connectivity index (χ0) is 17.3. The first-order chi connectivity index (χ1) is 10.9. The molecule has 23 heavy (non-hydrogen) atoms. The van der Waals surface area contributed by atoms with Crippen molar-refractivity contribution in [3.63, 3.8) is 0 Å². The van der Waals surface area contributed by atoms with Crippen LogP contribution in [-0.2, 0) is 16.4 Å². The van der Waals surface area contributed by atoms with Gasteiger partial charge in [-0.15, -0.1) is 0 Å². The largest absolute Gasteiger partial charge is 0.359 e. The molecule has 2 N–H and O–H groups in total. The van der Waals surface area contributed by atoms with E-state index in [0.29, 0.717) is 37.3 Å². The molecule has 0 saturated carbocycles. The third-order valence-corrected chi connectivity index (χ3v) is 4.43. The Morgan fingerprint density at radius 2 is 2.00 bits per heavy atom. The topological polar surface area (TPSA) is 96.6 Å². The number of nitrogens with zero attached hydrogens (tertiary/aromatic N) is 2. The van der Waals surface area contributed by atoms with Gasteiger partial charge in [-0.3, -0.25) is 0 Å². The smallest absolute Gasteiger partial charge is 0.191 e. The van der Waals surface area contributed by atoms with Gasteiger partial charge >= 0.3 is 0 Å². The van der Waals surface area contributed by atoms with E-state index < -0.39 is 9.84 Å². The van der Waals surface area contributed by atoms with Crippen LogP contribution in [0.4, 0.5) is 0 Å². The van der Waals surface area contributed by atoms with Gasteiger partial charge in [-0.05, 0) is 19.8 Å². The standard InChI is InChI=1S/C15H28N4O3S/c1-5-12(6-2)14-10-13(22-19-14)11-18-15(16-7-3)17-8-9-23(4,20)21/h10,12H,5-9,11H2,1-4H3,(H2,16,17,18). The lowest BCUT2D eigenvalue weighted by molar-refractivity contribution is 0.372. The van der Waals surface area contributed by atoms with Crippen LogP contribution in [0.1, 0.15) is 51.0 Å². The molecule has 0 unspecified atom stereocenters. The first kappa shape index (κ1) is 19.5. The Labute approximate surface area is 138 Å². The Morgan fingerprint density at radius 1 is 1.30 bits per heavy atom. The van der Waals surface area contributed by atoms with Gasteiger partial charge in [0.25, 0.3) is 0 Å². The molecule has 0 atom stereocenters. The first-order valence-corrected chi connectivity index (χ1v) is 10.1. The van der Waals surface area contributed by atoms with E-state index in [-0.39, 0.29) is 5.75 Å². The fourth-order valence-electron chi connectivity index (χ4n) is 2.16. The Hall–Kier alpha value is -1.57. The summed E-state index contributed by atoms with van der Waals surface area (Å²) in [6, 6.07) is 1.95. The van der Waals surface area contributed by atoms with Gasteiger partial charge in [0, 0.05) is 31.3 Å². The highest BCUT2D eigenvalue weighted by Crippen LogP contribution is 2.22. The molecular formula is C15H28N4O3S. The van der Waals surface area contributed by atoms with E-state index in [1.807, 2.05) is 13.0 Å². The number of hydrogen-bond acceptors (Lipinski definition) is 5. The summed E-state index contributed by atoms with van der Waals surface area (Å²) >= 11 is 0. The molecule has 1 heterocycles. The highest BCUT2D eigenvalue weighted by atomic mass is 32.2. The second-order valence-corrected chi connectivity index (χ2v) is 7.74. The van der Waals surface area contributed by atoms with Gasteiger partial charge in [-0.25, -0.2) is 13.4 Å². The van der Waals surface area contributed by atoms with Crippen molar-refractivity contribution in [2.75, 3.05) is 25.1 Å². The molecule has 1 aromatic heterocycles. The normalized spacial score (nSPS) is 12.7. The van der Waals surface area contributed by atoms with Crippen molar-refractivity contribution in [3.05, 3.63) is 17.5 Å². The maximum atomic E-state index is 11.1. The lowest BCUT2D eigenvalue weighted by atomic mass is 9.99. The minimum absolute atomic E-state index is 0.0680. The van der Waals surface area contributed by atoms with Crippen molar-refractivity contribution < 1.29 is 12.9 Å². The monoisotopic (exact) mass is 344 g/mol. The number of aliphatic imine (C=N–C) groups is 1. The van der Waals surface area contributed by atoms with Gasteiger partial charge in [-0.2, -0.15) is 0 Å². The second-order valence-electron chi connectivity index (χ2n) is 5.48. The average molecular weight is 344 g/mol. The number of rotatable bonds is 9. The van der Waals surface area contributed by atoms with Gasteiger partial charge < -0.3 is 15.2 Å². The fourth-order valence-corrected chi connectivity index (χ4v) is 2.63. The van der Waals surface area contributed by atoms with E-state index >= 15 is 0 Å². The maximum Gasteiger partial charge on any atom is 0.191 e. The summed E-state index contributed by atoms with van der Waals surface area (Å²) < 4.78 is 27.6. The second kappa shape index (κ2) is 9.54. The fraction of sp³-hybridized carbons (Fsp3) is 0.733. The minimum atomic E-state index is -2.99. The van der Waals surface area contributed by atoms with Crippen LogP contribution in [0.3, 0.4) is 0 Å². The Morgan fingerprint density at radius 3 is 2.57 bits per heavy atom. The number of aromatic nitrogens is 1. The molecule has 0 spiro atoms. The van der Waals surface area contributed by atoms with Crippen LogP contribution in [0.2, 0.25) is 0 Å². The van der Waals surface area contributed by atoms with Crippen molar-refractivity contribution in [2.24, 2.45) is 4.99 Å². The van der Waals surface area contributed by atoms with Gasteiger partial charge in [0.05, 0.1) is 11.4 Å². The van der Waals surface area contributed by atoms with Crippen LogP contribution in [0.15, 0.2) is 15.6 Å². The van der Waals surface area contributed by atoms with Crippen LogP contribution in [-0.4, -0.2) is 44.6 Å². The molecule has 0 aliphatic rings. The molecule has 0 radical (unpaired) electrons. The van der Waals surface area contributed by atoms with Crippen LogP contribution >= 0.6 is 0 Å². The highest BCUT2D eigenvalue weighted by Gasteiger charge is 2.12. The van der Waals surface area contributed by atoms with E-state index in [9.17, 15) is 8.42 Å². The third-order valence-electron chi connectivity index (χ3n) is 3.48. The van der Waals surface area contributed by atoms with E-state index in [4.69, 9.17) is 4.52 Å². The predicted octanol–water partition coefficient (Wildman–Crippen LogP) is 1.68. The number of nitrogens with one attached hydrogen (secondary N) is 2. The van der Waals surface area contributed by atoms with Crippen molar-refractivity contribution in [1.82, 2.24) is 15.8 Å². The molecule has 0 fully saturated rings.